The van der Waals surface area contributed by atoms with Crippen LogP contribution in [0.5, 0.6) is 5.75 Å². The molecule has 3 rings (SSSR count). The minimum absolute atomic E-state index is 0.123. The predicted octanol–water partition coefficient (Wildman–Crippen LogP) is 5.16. The van der Waals surface area contributed by atoms with E-state index in [9.17, 15) is 13.2 Å². The van der Waals surface area contributed by atoms with Gasteiger partial charge in [0.05, 0.1) is 7.11 Å². The Morgan fingerprint density at radius 2 is 1.59 bits per heavy atom. The fourth-order valence-electron chi connectivity index (χ4n) is 2.49. The Morgan fingerprint density at radius 1 is 0.966 bits per heavy atom. The van der Waals surface area contributed by atoms with Gasteiger partial charge in [-0.15, -0.1) is 0 Å². The Hall–Kier alpha value is -2.55. The van der Waals surface area contributed by atoms with Crippen LogP contribution in [-0.4, -0.2) is 21.4 Å². The molecule has 2 N–H and O–H groups in total. The molecule has 150 valence electrons. The number of ether oxygens (including phenoxy) is 1. The molecule has 0 aliphatic carbocycles. The van der Waals surface area contributed by atoms with Crippen molar-refractivity contribution in [3.05, 3.63) is 81.8 Å². The summed E-state index contributed by atoms with van der Waals surface area (Å²) in [6.07, 6.45) is 0. The van der Waals surface area contributed by atoms with Crippen LogP contribution in [-0.2, 0) is 10.0 Å². The zero-order valence-electron chi connectivity index (χ0n) is 15.1. The molecule has 0 radical (unpaired) electrons. The number of hydrogen-bond acceptors (Lipinski definition) is 4. The smallest absolute Gasteiger partial charge is 0.265 e. The molecule has 0 heterocycles. The van der Waals surface area contributed by atoms with Crippen LogP contribution in [0.4, 0.5) is 11.4 Å². The van der Waals surface area contributed by atoms with Crippen molar-refractivity contribution in [3.63, 3.8) is 0 Å². The minimum Gasteiger partial charge on any atom is -0.495 e. The summed E-state index contributed by atoms with van der Waals surface area (Å²) < 4.78 is 34.3. The Labute approximate surface area is 182 Å². The average molecular weight is 496 g/mol. The average Bonchev–Trinajstić information content (AvgIpc) is 2.70. The molecule has 6 nitrogen and oxygen atoms in total. The van der Waals surface area contributed by atoms with Gasteiger partial charge in [0.1, 0.15) is 10.6 Å². The molecule has 9 heteroatoms. The summed E-state index contributed by atoms with van der Waals surface area (Å²) in [4.78, 5) is 12.4. The molecule has 0 fully saturated rings. The second-order valence-corrected chi connectivity index (χ2v) is 8.94. The fraction of sp³-hybridized carbons (Fsp3) is 0.0500. The van der Waals surface area contributed by atoms with Gasteiger partial charge in [0.2, 0.25) is 0 Å². The van der Waals surface area contributed by atoms with Gasteiger partial charge in [-0.2, -0.15) is 0 Å². The van der Waals surface area contributed by atoms with Crippen molar-refractivity contribution in [1.29, 1.82) is 0 Å². The molecule has 29 heavy (non-hydrogen) atoms. The van der Waals surface area contributed by atoms with Crippen molar-refractivity contribution in [3.8, 4) is 5.75 Å². The van der Waals surface area contributed by atoms with Crippen LogP contribution in [0.2, 0.25) is 5.02 Å². The summed E-state index contributed by atoms with van der Waals surface area (Å²) >= 11 is 9.14. The van der Waals surface area contributed by atoms with Gasteiger partial charge in [0.25, 0.3) is 15.9 Å². The molecule has 0 atom stereocenters. The lowest BCUT2D eigenvalue weighted by Crippen LogP contribution is -2.17. The predicted molar refractivity (Wildman–Crippen MR) is 117 cm³/mol. The quantitative estimate of drug-likeness (QED) is 0.494. The van der Waals surface area contributed by atoms with Gasteiger partial charge < -0.3 is 10.1 Å². The summed E-state index contributed by atoms with van der Waals surface area (Å²) in [5.41, 5.74) is 1.08. The van der Waals surface area contributed by atoms with Gasteiger partial charge >= 0.3 is 0 Å². The normalized spacial score (nSPS) is 11.0. The Morgan fingerprint density at radius 3 is 2.21 bits per heavy atom. The highest BCUT2D eigenvalue weighted by molar-refractivity contribution is 9.10. The van der Waals surface area contributed by atoms with Crippen LogP contribution in [0.3, 0.4) is 0 Å². The van der Waals surface area contributed by atoms with Gasteiger partial charge in [-0.3, -0.25) is 9.52 Å². The van der Waals surface area contributed by atoms with Crippen molar-refractivity contribution in [2.75, 3.05) is 17.1 Å². The number of nitrogens with one attached hydrogen (secondary N) is 2. The van der Waals surface area contributed by atoms with E-state index < -0.39 is 15.9 Å². The largest absolute Gasteiger partial charge is 0.495 e. The van der Waals surface area contributed by atoms with Gasteiger partial charge in [0, 0.05) is 26.4 Å². The minimum atomic E-state index is -3.99. The van der Waals surface area contributed by atoms with Crippen LogP contribution < -0.4 is 14.8 Å². The number of anilines is 2. The molecular weight excluding hydrogens is 480 g/mol. The van der Waals surface area contributed by atoms with E-state index in [0.29, 0.717) is 16.4 Å². The third-order valence-corrected chi connectivity index (χ3v) is 6.10. The molecule has 0 saturated carbocycles. The second kappa shape index (κ2) is 8.86. The van der Waals surface area contributed by atoms with Crippen molar-refractivity contribution in [2.45, 2.75) is 4.90 Å². The third-order valence-electron chi connectivity index (χ3n) is 3.91. The summed E-state index contributed by atoms with van der Waals surface area (Å²) in [5, 5.41) is 3.24. The summed E-state index contributed by atoms with van der Waals surface area (Å²) in [6.45, 7) is 0. The molecule has 0 saturated heterocycles. The second-order valence-electron chi connectivity index (χ2n) is 5.94. The lowest BCUT2D eigenvalue weighted by Gasteiger charge is -2.13. The molecular formula is C20H16BrClN2O4S. The number of benzene rings is 3. The molecule has 0 aromatic heterocycles. The molecule has 0 spiro atoms. The maximum absolute atomic E-state index is 12.9. The highest BCUT2D eigenvalue weighted by atomic mass is 79.9. The van der Waals surface area contributed by atoms with E-state index >= 15 is 0 Å². The first-order valence-corrected chi connectivity index (χ1v) is 11.0. The first kappa shape index (κ1) is 21.2. The number of halogens is 2. The first-order valence-electron chi connectivity index (χ1n) is 8.32. The van der Waals surface area contributed by atoms with E-state index in [1.54, 1.807) is 48.5 Å². The maximum Gasteiger partial charge on any atom is 0.265 e. The number of rotatable bonds is 6. The van der Waals surface area contributed by atoms with Gasteiger partial charge in [0.15, 0.2) is 0 Å². The summed E-state index contributed by atoms with van der Waals surface area (Å²) in [6, 6.07) is 17.4. The molecule has 0 unspecified atom stereocenters. The van der Waals surface area contributed by atoms with Crippen LogP contribution in [0.1, 0.15) is 10.4 Å². The van der Waals surface area contributed by atoms with E-state index in [-0.39, 0.29) is 16.2 Å². The standard InChI is InChI=1S/C20H16BrClN2O4S/c1-28-18-11-2-13(20(25)23-16-9-5-15(22)6-10-16)12-19(18)29(26,27)24-17-7-3-14(21)4-8-17/h2-12,24H,1H3,(H,23,25). The number of methoxy groups -OCH3 is 1. The molecule has 0 aliphatic rings. The molecule has 3 aromatic rings. The summed E-state index contributed by atoms with van der Waals surface area (Å²) in [7, 11) is -2.63. The SMILES string of the molecule is COc1ccc(C(=O)Nc2ccc(Cl)cc2)cc1S(=O)(=O)Nc1ccc(Br)cc1. The zero-order valence-corrected chi connectivity index (χ0v) is 18.3. The van der Waals surface area contributed by atoms with Crippen LogP contribution >= 0.6 is 27.5 Å². The van der Waals surface area contributed by atoms with Crippen molar-refractivity contribution < 1.29 is 17.9 Å². The molecule has 0 bridgehead atoms. The van der Waals surface area contributed by atoms with Crippen molar-refractivity contribution in [1.82, 2.24) is 0 Å². The lowest BCUT2D eigenvalue weighted by molar-refractivity contribution is 0.102. The first-order chi connectivity index (χ1) is 13.8. The zero-order chi connectivity index (χ0) is 21.0. The number of carbonyl (C=O) groups is 1. The van der Waals surface area contributed by atoms with Crippen LogP contribution in [0, 0.1) is 0 Å². The number of amides is 1. The maximum atomic E-state index is 12.9. The molecule has 0 aliphatic heterocycles. The molecule has 1 amide bonds. The summed E-state index contributed by atoms with van der Waals surface area (Å²) in [5.74, 6) is -0.340. The van der Waals surface area contributed by atoms with Crippen LogP contribution in [0.15, 0.2) is 76.1 Å². The number of carbonyl (C=O) groups excluding carboxylic acids is 1. The van der Waals surface area contributed by atoms with E-state index in [1.165, 1.54) is 25.3 Å². The Kier molecular flexibility index (Phi) is 6.46. The Bertz CT molecular complexity index is 1130. The monoisotopic (exact) mass is 494 g/mol. The number of hydrogen-bond donors (Lipinski definition) is 2. The third kappa shape index (κ3) is 5.29. The van der Waals surface area contributed by atoms with Crippen LogP contribution in [0.25, 0.3) is 0 Å². The lowest BCUT2D eigenvalue weighted by atomic mass is 10.2. The van der Waals surface area contributed by atoms with E-state index in [1.807, 2.05) is 0 Å². The van der Waals surface area contributed by atoms with Crippen molar-refractivity contribution >= 4 is 54.8 Å². The molecule has 3 aromatic carbocycles. The van der Waals surface area contributed by atoms with Crippen molar-refractivity contribution in [2.24, 2.45) is 0 Å². The van der Waals surface area contributed by atoms with Gasteiger partial charge in [-0.1, -0.05) is 27.5 Å². The van der Waals surface area contributed by atoms with Gasteiger partial charge in [-0.05, 0) is 66.7 Å². The van der Waals surface area contributed by atoms with E-state index in [0.717, 1.165) is 4.47 Å². The Balaban J connectivity index is 1.90. The highest BCUT2D eigenvalue weighted by Gasteiger charge is 2.22. The number of sulfonamides is 1. The topological polar surface area (TPSA) is 84.5 Å². The fourth-order valence-corrected chi connectivity index (χ4v) is 4.14. The van der Waals surface area contributed by atoms with E-state index in [2.05, 4.69) is 26.0 Å². The van der Waals surface area contributed by atoms with E-state index in [4.69, 9.17) is 16.3 Å². The van der Waals surface area contributed by atoms with Gasteiger partial charge in [-0.25, -0.2) is 8.42 Å². The highest BCUT2D eigenvalue weighted by Crippen LogP contribution is 2.28.